The lowest BCUT2D eigenvalue weighted by molar-refractivity contribution is 0.401. The molecule has 1 aromatic carbocycles. The Morgan fingerprint density at radius 2 is 2.04 bits per heavy atom. The Labute approximate surface area is 153 Å². The van der Waals surface area contributed by atoms with Gasteiger partial charge in [0.25, 0.3) is 0 Å². The van der Waals surface area contributed by atoms with Crippen LogP contribution in [0.4, 0.5) is 0 Å². The van der Waals surface area contributed by atoms with E-state index in [1.54, 1.807) is 0 Å². The van der Waals surface area contributed by atoms with Crippen molar-refractivity contribution in [2.45, 2.75) is 17.3 Å². The van der Waals surface area contributed by atoms with Crippen molar-refractivity contribution >= 4 is 34.0 Å². The number of aromatic amines is 1. The average Bonchev–Trinajstić information content (AvgIpc) is 3.26. The first-order valence-corrected chi connectivity index (χ1v) is 8.80. The fraction of sp³-hybridized carbons (Fsp3) is 0.111. The van der Waals surface area contributed by atoms with Gasteiger partial charge in [0.2, 0.25) is 0 Å². The number of fused-ring (bicyclic) bond motifs is 2. The van der Waals surface area contributed by atoms with E-state index in [4.69, 9.17) is 0 Å². The van der Waals surface area contributed by atoms with Crippen molar-refractivity contribution in [3.8, 4) is 6.07 Å². The van der Waals surface area contributed by atoms with Crippen LogP contribution in [0.3, 0.4) is 0 Å². The monoisotopic (exact) mass is 362 g/mol. The van der Waals surface area contributed by atoms with E-state index in [9.17, 15) is 10.4 Å². The summed E-state index contributed by atoms with van der Waals surface area (Å²) in [4.78, 5) is 7.47. The SMILES string of the molecule is C[C@H](Sc1nnc2ccccn12)/C(O)=C(\C#N)c1nc2ccccc2[nH]1. The van der Waals surface area contributed by atoms with Gasteiger partial charge in [-0.05, 0) is 31.2 Å². The summed E-state index contributed by atoms with van der Waals surface area (Å²) in [5, 5.41) is 28.7. The van der Waals surface area contributed by atoms with Gasteiger partial charge in [0, 0.05) is 6.20 Å². The normalized spacial score (nSPS) is 13.5. The number of nitrogens with one attached hydrogen (secondary N) is 1. The zero-order valence-electron chi connectivity index (χ0n) is 13.8. The van der Waals surface area contributed by atoms with E-state index in [-0.39, 0.29) is 11.3 Å². The summed E-state index contributed by atoms with van der Waals surface area (Å²) in [7, 11) is 0. The quantitative estimate of drug-likeness (QED) is 0.327. The number of nitriles is 1. The molecular weight excluding hydrogens is 348 g/mol. The lowest BCUT2D eigenvalue weighted by atomic mass is 10.2. The summed E-state index contributed by atoms with van der Waals surface area (Å²) in [5.74, 6) is 0.300. The Morgan fingerprint density at radius 3 is 2.85 bits per heavy atom. The highest BCUT2D eigenvalue weighted by atomic mass is 32.2. The highest BCUT2D eigenvalue weighted by Gasteiger charge is 2.21. The minimum Gasteiger partial charge on any atom is -0.510 e. The van der Waals surface area contributed by atoms with Gasteiger partial charge < -0.3 is 10.1 Å². The highest BCUT2D eigenvalue weighted by Crippen LogP contribution is 2.29. The summed E-state index contributed by atoms with van der Waals surface area (Å²) in [5.41, 5.74) is 2.40. The second-order valence-electron chi connectivity index (χ2n) is 5.65. The van der Waals surface area contributed by atoms with E-state index in [1.165, 1.54) is 11.8 Å². The second-order valence-corrected chi connectivity index (χ2v) is 6.95. The zero-order valence-corrected chi connectivity index (χ0v) is 14.6. The van der Waals surface area contributed by atoms with Crippen LogP contribution >= 0.6 is 11.8 Å². The first kappa shape index (κ1) is 16.2. The number of thioether (sulfide) groups is 1. The number of nitrogens with zero attached hydrogens (tertiary/aromatic N) is 5. The van der Waals surface area contributed by atoms with Gasteiger partial charge >= 0.3 is 0 Å². The van der Waals surface area contributed by atoms with Gasteiger partial charge in [0.05, 0.1) is 16.3 Å². The third-order valence-corrected chi connectivity index (χ3v) is 5.01. The molecule has 0 unspecified atom stereocenters. The molecule has 26 heavy (non-hydrogen) atoms. The van der Waals surface area contributed by atoms with Crippen LogP contribution in [-0.4, -0.2) is 34.9 Å². The Hall–Kier alpha value is -3.31. The molecule has 0 aliphatic heterocycles. The minimum atomic E-state index is -0.398. The molecule has 0 radical (unpaired) electrons. The zero-order chi connectivity index (χ0) is 18.1. The third-order valence-electron chi connectivity index (χ3n) is 3.94. The number of hydrogen-bond acceptors (Lipinski definition) is 6. The maximum atomic E-state index is 10.6. The number of H-pyrrole nitrogens is 1. The molecule has 0 fully saturated rings. The van der Waals surface area contributed by atoms with Crippen LogP contribution in [0.15, 0.2) is 59.6 Å². The van der Waals surface area contributed by atoms with Crippen LogP contribution in [0, 0.1) is 11.3 Å². The minimum absolute atomic E-state index is 0.0516. The standard InChI is InChI=1S/C18H14N6OS/c1-11(26-18-23-22-15-8-4-5-9-24(15)18)16(25)12(10-19)17-20-13-6-2-3-7-14(13)21-17/h2-9,11,25H,1H3,(H,20,21)/b16-12-/t11-/m0/s1. The van der Waals surface area contributed by atoms with Crippen molar-refractivity contribution in [2.75, 3.05) is 0 Å². The summed E-state index contributed by atoms with van der Waals surface area (Å²) < 4.78 is 1.84. The van der Waals surface area contributed by atoms with Gasteiger partial charge in [-0.1, -0.05) is 30.0 Å². The average molecular weight is 362 g/mol. The van der Waals surface area contributed by atoms with Crippen molar-refractivity contribution in [2.24, 2.45) is 0 Å². The van der Waals surface area contributed by atoms with E-state index in [0.717, 1.165) is 16.7 Å². The molecule has 0 amide bonds. The number of hydrogen-bond donors (Lipinski definition) is 2. The number of pyridine rings is 1. The molecule has 8 heteroatoms. The largest absolute Gasteiger partial charge is 0.510 e. The smallest absolute Gasteiger partial charge is 0.196 e. The van der Waals surface area contributed by atoms with Gasteiger partial charge in [0.1, 0.15) is 17.4 Å². The number of para-hydroxylation sites is 2. The fourth-order valence-electron chi connectivity index (χ4n) is 2.62. The molecule has 7 nitrogen and oxygen atoms in total. The third kappa shape index (κ3) is 2.78. The van der Waals surface area contributed by atoms with Crippen molar-refractivity contribution in [3.05, 3.63) is 60.2 Å². The Kier molecular flexibility index (Phi) is 4.07. The van der Waals surface area contributed by atoms with Crippen molar-refractivity contribution < 1.29 is 5.11 Å². The lowest BCUT2D eigenvalue weighted by Crippen LogP contribution is -2.06. The van der Waals surface area contributed by atoms with Crippen LogP contribution in [0.1, 0.15) is 12.7 Å². The molecule has 2 N–H and O–H groups in total. The molecule has 0 spiro atoms. The van der Waals surface area contributed by atoms with E-state index in [2.05, 4.69) is 26.2 Å². The second kappa shape index (κ2) is 6.54. The van der Waals surface area contributed by atoms with Crippen LogP contribution < -0.4 is 0 Å². The van der Waals surface area contributed by atoms with Crippen molar-refractivity contribution in [1.29, 1.82) is 5.26 Å². The molecule has 0 aliphatic rings. The van der Waals surface area contributed by atoms with Gasteiger partial charge in [-0.15, -0.1) is 10.2 Å². The summed E-state index contributed by atoms with van der Waals surface area (Å²) in [6.45, 7) is 1.81. The van der Waals surface area contributed by atoms with Gasteiger partial charge in [0.15, 0.2) is 16.6 Å². The van der Waals surface area contributed by atoms with Crippen molar-refractivity contribution in [1.82, 2.24) is 24.6 Å². The molecule has 0 bridgehead atoms. The molecule has 4 rings (SSSR count). The number of allylic oxidation sites excluding steroid dienone is 1. The first-order valence-electron chi connectivity index (χ1n) is 7.92. The molecule has 0 aliphatic carbocycles. The van der Waals surface area contributed by atoms with Gasteiger partial charge in [-0.3, -0.25) is 4.40 Å². The number of aliphatic hydroxyl groups is 1. The van der Waals surface area contributed by atoms with Crippen LogP contribution in [-0.2, 0) is 0 Å². The molecule has 0 saturated heterocycles. The predicted octanol–water partition coefficient (Wildman–Crippen LogP) is 3.58. The molecule has 3 aromatic heterocycles. The number of aliphatic hydroxyl groups excluding tert-OH is 1. The Morgan fingerprint density at radius 1 is 1.23 bits per heavy atom. The summed E-state index contributed by atoms with van der Waals surface area (Å²) in [6, 6.07) is 15.2. The Bertz CT molecular complexity index is 1140. The number of benzene rings is 1. The van der Waals surface area contributed by atoms with E-state index in [0.29, 0.717) is 11.0 Å². The first-order chi connectivity index (χ1) is 12.7. The molecule has 0 saturated carbocycles. The van der Waals surface area contributed by atoms with Gasteiger partial charge in [-0.2, -0.15) is 5.26 Å². The van der Waals surface area contributed by atoms with Gasteiger partial charge in [-0.25, -0.2) is 4.98 Å². The van der Waals surface area contributed by atoms with E-state index in [1.807, 2.05) is 60.0 Å². The molecule has 128 valence electrons. The van der Waals surface area contributed by atoms with Crippen molar-refractivity contribution in [3.63, 3.8) is 0 Å². The maximum Gasteiger partial charge on any atom is 0.196 e. The van der Waals surface area contributed by atoms with E-state index < -0.39 is 5.25 Å². The molecule has 4 aromatic rings. The topological polar surface area (TPSA) is 103 Å². The maximum absolute atomic E-state index is 10.6. The summed E-state index contributed by atoms with van der Waals surface area (Å²) >= 11 is 1.32. The number of aromatic nitrogens is 5. The predicted molar refractivity (Wildman–Crippen MR) is 99.6 cm³/mol. The molecular formula is C18H14N6OS. The van der Waals surface area contributed by atoms with E-state index >= 15 is 0 Å². The summed E-state index contributed by atoms with van der Waals surface area (Å²) in [6.07, 6.45) is 1.86. The lowest BCUT2D eigenvalue weighted by Gasteiger charge is -2.10. The van der Waals surface area contributed by atoms with Crippen LogP contribution in [0.5, 0.6) is 0 Å². The highest BCUT2D eigenvalue weighted by molar-refractivity contribution is 7.99. The Balaban J connectivity index is 1.68. The number of rotatable bonds is 4. The van der Waals surface area contributed by atoms with Crippen LogP contribution in [0.25, 0.3) is 22.3 Å². The van der Waals surface area contributed by atoms with Crippen LogP contribution in [0.2, 0.25) is 0 Å². The molecule has 1 atom stereocenters. The number of imidazole rings is 1. The molecule has 3 heterocycles. The fourth-order valence-corrected chi connectivity index (χ4v) is 3.52.